The second-order valence-electron chi connectivity index (χ2n) is 6.82. The van der Waals surface area contributed by atoms with Crippen molar-refractivity contribution in [1.29, 1.82) is 0 Å². The molecule has 4 aromatic carbocycles. The van der Waals surface area contributed by atoms with Gasteiger partial charge < -0.3 is 0 Å². The highest BCUT2D eigenvalue weighted by molar-refractivity contribution is 6.14. The summed E-state index contributed by atoms with van der Waals surface area (Å²) in [5.41, 5.74) is 4.82. The Bertz CT molecular complexity index is 1030. The van der Waals surface area contributed by atoms with Crippen molar-refractivity contribution in [3.63, 3.8) is 0 Å². The Kier molecular flexibility index (Phi) is 5.44. The van der Waals surface area contributed by atoms with Crippen molar-refractivity contribution in [2.45, 2.75) is 0 Å². The molecule has 0 amide bonds. The minimum Gasteiger partial charge on any atom is -0.298 e. The molecule has 0 heterocycles. The Morgan fingerprint density at radius 3 is 0.800 bits per heavy atom. The molecule has 144 valence electrons. The van der Waals surface area contributed by atoms with Gasteiger partial charge in [0.15, 0.2) is 18.9 Å². The summed E-state index contributed by atoms with van der Waals surface area (Å²) >= 11 is 0. The lowest BCUT2D eigenvalue weighted by molar-refractivity contribution is 0.112. The third kappa shape index (κ3) is 3.27. The van der Waals surface area contributed by atoms with Gasteiger partial charge in [0.2, 0.25) is 0 Å². The van der Waals surface area contributed by atoms with Crippen LogP contribution in [-0.2, 0) is 0 Å². The number of hydrogen-bond donors (Lipinski definition) is 0. The van der Waals surface area contributed by atoms with E-state index in [0.29, 0.717) is 33.4 Å². The first kappa shape index (κ1) is 19.2. The highest BCUT2D eigenvalue weighted by atomic mass is 16.1. The fourth-order valence-corrected chi connectivity index (χ4v) is 3.91. The highest BCUT2D eigenvalue weighted by Gasteiger charge is 2.25. The first-order valence-corrected chi connectivity index (χ1v) is 9.56. The Hall–Kier alpha value is -4.11. The Morgan fingerprint density at radius 2 is 0.600 bits per heavy atom. The highest BCUT2D eigenvalue weighted by Crippen LogP contribution is 2.42. The molecule has 0 aromatic heterocycles. The minimum absolute atomic E-state index is 0.330. The van der Waals surface area contributed by atoms with Crippen molar-refractivity contribution < 1.29 is 14.4 Å². The first-order chi connectivity index (χ1) is 14.8. The number of hydrogen-bond acceptors (Lipinski definition) is 3. The average Bonchev–Trinajstić information content (AvgIpc) is 2.83. The van der Waals surface area contributed by atoms with E-state index >= 15 is 0 Å². The molecule has 0 aliphatic heterocycles. The first-order valence-electron chi connectivity index (χ1n) is 9.56. The van der Waals surface area contributed by atoms with Crippen LogP contribution in [0.5, 0.6) is 0 Å². The van der Waals surface area contributed by atoms with Crippen molar-refractivity contribution in [3.05, 3.63) is 108 Å². The van der Waals surface area contributed by atoms with Gasteiger partial charge in [-0.15, -0.1) is 0 Å². The maximum absolute atomic E-state index is 12.3. The largest absolute Gasteiger partial charge is 0.298 e. The van der Waals surface area contributed by atoms with E-state index in [1.54, 1.807) is 0 Å². The number of rotatable bonds is 6. The van der Waals surface area contributed by atoms with Crippen molar-refractivity contribution >= 4 is 18.9 Å². The van der Waals surface area contributed by atoms with Gasteiger partial charge in [-0.05, 0) is 16.7 Å². The lowest BCUT2D eigenvalue weighted by Gasteiger charge is -2.21. The Morgan fingerprint density at radius 1 is 0.367 bits per heavy atom. The Labute approximate surface area is 174 Å². The predicted molar refractivity (Wildman–Crippen MR) is 119 cm³/mol. The van der Waals surface area contributed by atoms with E-state index < -0.39 is 0 Å². The number of aldehydes is 3. The van der Waals surface area contributed by atoms with Crippen LogP contribution in [0.15, 0.2) is 91.0 Å². The normalized spacial score (nSPS) is 10.4. The van der Waals surface area contributed by atoms with E-state index in [4.69, 9.17) is 0 Å². The molecule has 3 heteroatoms. The predicted octanol–water partition coefficient (Wildman–Crippen LogP) is 6.13. The van der Waals surface area contributed by atoms with E-state index in [2.05, 4.69) is 0 Å². The SMILES string of the molecule is O=Cc1c(-c2ccccc2)c(C=O)c(-c2ccccc2)c(C=O)c1-c1ccccc1. The molecule has 0 atom stereocenters. The van der Waals surface area contributed by atoms with Crippen LogP contribution < -0.4 is 0 Å². The molecule has 0 N–H and O–H groups in total. The minimum atomic E-state index is 0.330. The van der Waals surface area contributed by atoms with Crippen LogP contribution in [-0.4, -0.2) is 18.9 Å². The van der Waals surface area contributed by atoms with Crippen molar-refractivity contribution in [2.75, 3.05) is 0 Å². The fraction of sp³-hybridized carbons (Fsp3) is 0. The maximum Gasteiger partial charge on any atom is 0.151 e. The van der Waals surface area contributed by atoms with Crippen LogP contribution in [0.2, 0.25) is 0 Å². The van der Waals surface area contributed by atoms with Crippen LogP contribution in [0.25, 0.3) is 33.4 Å². The summed E-state index contributed by atoms with van der Waals surface area (Å²) in [5, 5.41) is 0. The second-order valence-corrected chi connectivity index (χ2v) is 6.82. The molecule has 0 fully saturated rings. The van der Waals surface area contributed by atoms with Gasteiger partial charge in [-0.25, -0.2) is 0 Å². The lowest BCUT2D eigenvalue weighted by atomic mass is 9.80. The summed E-state index contributed by atoms with van der Waals surface area (Å²) < 4.78 is 0. The van der Waals surface area contributed by atoms with Gasteiger partial charge in [-0.3, -0.25) is 14.4 Å². The van der Waals surface area contributed by atoms with E-state index in [-0.39, 0.29) is 0 Å². The monoisotopic (exact) mass is 390 g/mol. The molecule has 0 bridgehead atoms. The summed E-state index contributed by atoms with van der Waals surface area (Å²) in [4.78, 5) is 37.0. The maximum atomic E-state index is 12.3. The van der Waals surface area contributed by atoms with Crippen molar-refractivity contribution in [2.24, 2.45) is 0 Å². The van der Waals surface area contributed by atoms with E-state index in [0.717, 1.165) is 35.5 Å². The summed E-state index contributed by atoms with van der Waals surface area (Å²) in [5.74, 6) is 0. The van der Waals surface area contributed by atoms with Crippen molar-refractivity contribution in [3.8, 4) is 33.4 Å². The van der Waals surface area contributed by atoms with E-state index in [1.807, 2.05) is 91.0 Å². The molecule has 0 radical (unpaired) electrons. The quantitative estimate of drug-likeness (QED) is 0.372. The van der Waals surface area contributed by atoms with Crippen LogP contribution in [0.4, 0.5) is 0 Å². The van der Waals surface area contributed by atoms with E-state index in [1.165, 1.54) is 0 Å². The molecular weight excluding hydrogens is 372 g/mol. The molecule has 3 nitrogen and oxygen atoms in total. The molecule has 0 saturated heterocycles. The zero-order valence-corrected chi connectivity index (χ0v) is 16.1. The molecule has 0 unspecified atom stereocenters. The van der Waals surface area contributed by atoms with Gasteiger partial charge >= 0.3 is 0 Å². The topological polar surface area (TPSA) is 51.2 Å². The summed E-state index contributed by atoms with van der Waals surface area (Å²) in [6.07, 6.45) is 2.21. The van der Waals surface area contributed by atoms with Crippen LogP contribution in [0, 0.1) is 0 Å². The summed E-state index contributed by atoms with van der Waals surface area (Å²) in [6, 6.07) is 27.9. The van der Waals surface area contributed by atoms with Gasteiger partial charge in [-0.2, -0.15) is 0 Å². The number of carbonyl (C=O) groups is 3. The van der Waals surface area contributed by atoms with Gasteiger partial charge in [0.1, 0.15) is 0 Å². The van der Waals surface area contributed by atoms with Gasteiger partial charge in [0.05, 0.1) is 0 Å². The second kappa shape index (κ2) is 8.50. The van der Waals surface area contributed by atoms with Crippen LogP contribution >= 0.6 is 0 Å². The van der Waals surface area contributed by atoms with Gasteiger partial charge in [0, 0.05) is 33.4 Å². The van der Waals surface area contributed by atoms with Gasteiger partial charge in [0.25, 0.3) is 0 Å². The number of carbonyl (C=O) groups excluding carboxylic acids is 3. The number of benzene rings is 4. The zero-order chi connectivity index (χ0) is 20.9. The third-order valence-electron chi connectivity index (χ3n) is 5.16. The molecule has 4 aromatic rings. The molecular formula is C27H18O3. The molecule has 30 heavy (non-hydrogen) atoms. The molecule has 0 spiro atoms. The van der Waals surface area contributed by atoms with Crippen LogP contribution in [0.3, 0.4) is 0 Å². The third-order valence-corrected chi connectivity index (χ3v) is 5.16. The summed E-state index contributed by atoms with van der Waals surface area (Å²) in [6.45, 7) is 0. The van der Waals surface area contributed by atoms with Gasteiger partial charge in [-0.1, -0.05) is 91.0 Å². The van der Waals surface area contributed by atoms with E-state index in [9.17, 15) is 14.4 Å². The molecule has 0 aliphatic rings. The molecule has 0 saturated carbocycles. The van der Waals surface area contributed by atoms with Crippen LogP contribution in [0.1, 0.15) is 31.1 Å². The average molecular weight is 390 g/mol. The standard InChI is InChI=1S/C27H18O3/c28-16-22-25(19-10-4-1-5-11-19)23(17-29)27(21-14-8-3-9-15-21)24(18-30)26(22)20-12-6-2-7-13-20/h1-18H. The Balaban J connectivity index is 2.25. The summed E-state index contributed by atoms with van der Waals surface area (Å²) in [7, 11) is 0. The molecule has 0 aliphatic carbocycles. The van der Waals surface area contributed by atoms with Crippen molar-refractivity contribution in [1.82, 2.24) is 0 Å². The lowest BCUT2D eigenvalue weighted by Crippen LogP contribution is -2.06. The zero-order valence-electron chi connectivity index (χ0n) is 16.1. The fourth-order valence-electron chi connectivity index (χ4n) is 3.91. The smallest absolute Gasteiger partial charge is 0.151 e. The molecule has 4 rings (SSSR count).